The molecular formula is C19H30N6. The molecule has 3 N–H and O–H groups in total. The van der Waals surface area contributed by atoms with Crippen LogP contribution in [0, 0.1) is 6.92 Å². The first-order valence-corrected chi connectivity index (χ1v) is 9.51. The number of aromatic nitrogens is 4. The van der Waals surface area contributed by atoms with E-state index in [2.05, 4.69) is 59.0 Å². The van der Waals surface area contributed by atoms with E-state index in [0.717, 1.165) is 50.9 Å². The van der Waals surface area contributed by atoms with Crippen LogP contribution in [0.1, 0.15) is 68.4 Å². The molecule has 136 valence electrons. The molecule has 1 aliphatic carbocycles. The highest BCUT2D eigenvalue weighted by molar-refractivity contribution is 5.28. The van der Waals surface area contributed by atoms with Gasteiger partial charge in [0, 0.05) is 18.6 Å². The Balaban J connectivity index is 1.84. The lowest BCUT2D eigenvalue weighted by Gasteiger charge is -2.30. The van der Waals surface area contributed by atoms with Crippen LogP contribution in [0.15, 0.2) is 24.3 Å². The van der Waals surface area contributed by atoms with Gasteiger partial charge in [-0.3, -0.25) is 0 Å². The maximum atomic E-state index is 6.06. The van der Waals surface area contributed by atoms with Crippen LogP contribution in [0.5, 0.6) is 0 Å². The van der Waals surface area contributed by atoms with Gasteiger partial charge >= 0.3 is 0 Å². The molecule has 1 aromatic heterocycles. The molecule has 1 saturated carbocycles. The summed E-state index contributed by atoms with van der Waals surface area (Å²) in [6.07, 6.45) is 6.59. The molecule has 1 aliphatic rings. The fraction of sp³-hybridized carbons (Fsp3) is 0.632. The highest BCUT2D eigenvalue weighted by Crippen LogP contribution is 2.25. The minimum atomic E-state index is 0.0202. The summed E-state index contributed by atoms with van der Waals surface area (Å²) in [6.45, 7) is 5.16. The predicted molar refractivity (Wildman–Crippen MR) is 99.1 cm³/mol. The third-order valence-electron chi connectivity index (χ3n) is 5.13. The fourth-order valence-corrected chi connectivity index (χ4v) is 3.49. The summed E-state index contributed by atoms with van der Waals surface area (Å²) in [7, 11) is 0. The summed E-state index contributed by atoms with van der Waals surface area (Å²) in [4.78, 5) is 0. The Labute approximate surface area is 150 Å². The number of benzene rings is 1. The molecule has 0 amide bonds. The number of aryl methyl sites for hydroxylation is 2. The number of nitrogens with zero attached hydrogens (tertiary/aromatic N) is 4. The third-order valence-corrected chi connectivity index (χ3v) is 5.13. The van der Waals surface area contributed by atoms with Gasteiger partial charge in [-0.05, 0) is 55.0 Å². The van der Waals surface area contributed by atoms with Crippen LogP contribution in [0.2, 0.25) is 0 Å². The lowest BCUT2D eigenvalue weighted by atomic mass is 9.90. The topological polar surface area (TPSA) is 81.7 Å². The summed E-state index contributed by atoms with van der Waals surface area (Å²) in [5, 5.41) is 16.3. The molecule has 0 bridgehead atoms. The summed E-state index contributed by atoms with van der Waals surface area (Å²) in [5.41, 5.74) is 8.54. The van der Waals surface area contributed by atoms with Crippen LogP contribution < -0.4 is 11.1 Å². The Morgan fingerprint density at radius 2 is 1.92 bits per heavy atom. The van der Waals surface area contributed by atoms with Crippen molar-refractivity contribution in [1.82, 2.24) is 25.5 Å². The van der Waals surface area contributed by atoms with Gasteiger partial charge in [0.1, 0.15) is 0 Å². The van der Waals surface area contributed by atoms with Crippen molar-refractivity contribution in [3.05, 3.63) is 41.2 Å². The molecule has 6 heteroatoms. The lowest BCUT2D eigenvalue weighted by Crippen LogP contribution is -2.40. The van der Waals surface area contributed by atoms with Gasteiger partial charge in [0.05, 0.1) is 6.04 Å². The number of hydrogen-bond acceptors (Lipinski definition) is 5. The molecule has 0 spiro atoms. The highest BCUT2D eigenvalue weighted by Gasteiger charge is 2.26. The molecular weight excluding hydrogens is 312 g/mol. The zero-order chi connectivity index (χ0) is 17.6. The minimum Gasteiger partial charge on any atom is -0.328 e. The van der Waals surface area contributed by atoms with Gasteiger partial charge in [0.2, 0.25) is 0 Å². The van der Waals surface area contributed by atoms with E-state index in [1.165, 1.54) is 11.1 Å². The quantitative estimate of drug-likeness (QED) is 0.808. The standard InChI is InChI=1S/C19H30N6/c1-3-4-13-25-19(22-23-24-25)18(15-7-5-14(2)6-8-15)21-17-11-9-16(20)10-12-17/h5-8,16-18,21H,3-4,9-13,20H2,1-2H3. The van der Waals surface area contributed by atoms with Gasteiger partial charge in [-0.15, -0.1) is 5.10 Å². The van der Waals surface area contributed by atoms with Gasteiger partial charge in [0.25, 0.3) is 0 Å². The van der Waals surface area contributed by atoms with Crippen molar-refractivity contribution in [3.8, 4) is 0 Å². The molecule has 0 radical (unpaired) electrons. The molecule has 25 heavy (non-hydrogen) atoms. The van der Waals surface area contributed by atoms with E-state index in [9.17, 15) is 0 Å². The van der Waals surface area contributed by atoms with Gasteiger partial charge < -0.3 is 11.1 Å². The van der Waals surface area contributed by atoms with E-state index in [4.69, 9.17) is 5.73 Å². The van der Waals surface area contributed by atoms with Crippen LogP contribution in [0.25, 0.3) is 0 Å². The average Bonchev–Trinajstić information content (AvgIpc) is 3.08. The van der Waals surface area contributed by atoms with Crippen molar-refractivity contribution in [1.29, 1.82) is 0 Å². The van der Waals surface area contributed by atoms with Gasteiger partial charge in [-0.1, -0.05) is 43.2 Å². The van der Waals surface area contributed by atoms with Crippen molar-refractivity contribution in [3.63, 3.8) is 0 Å². The first kappa shape index (κ1) is 18.0. The zero-order valence-electron chi connectivity index (χ0n) is 15.4. The molecule has 1 aromatic carbocycles. The largest absolute Gasteiger partial charge is 0.328 e. The van der Waals surface area contributed by atoms with E-state index in [-0.39, 0.29) is 6.04 Å². The number of nitrogens with one attached hydrogen (secondary N) is 1. The second kappa shape index (κ2) is 8.54. The van der Waals surface area contributed by atoms with E-state index in [0.29, 0.717) is 12.1 Å². The lowest BCUT2D eigenvalue weighted by molar-refractivity contribution is 0.320. The van der Waals surface area contributed by atoms with Crippen LogP contribution >= 0.6 is 0 Å². The van der Waals surface area contributed by atoms with Crippen molar-refractivity contribution in [2.45, 2.75) is 77.0 Å². The summed E-state index contributed by atoms with van der Waals surface area (Å²) < 4.78 is 1.95. The fourth-order valence-electron chi connectivity index (χ4n) is 3.49. The Morgan fingerprint density at radius 3 is 2.60 bits per heavy atom. The second-order valence-electron chi connectivity index (χ2n) is 7.24. The first-order valence-electron chi connectivity index (χ1n) is 9.51. The van der Waals surface area contributed by atoms with Crippen LogP contribution in [-0.2, 0) is 6.54 Å². The maximum absolute atomic E-state index is 6.06. The minimum absolute atomic E-state index is 0.0202. The number of hydrogen-bond donors (Lipinski definition) is 2. The number of tetrazole rings is 1. The Kier molecular flexibility index (Phi) is 6.15. The SMILES string of the molecule is CCCCn1nnnc1C(NC1CCC(N)CC1)c1ccc(C)cc1. The third kappa shape index (κ3) is 4.64. The smallest absolute Gasteiger partial charge is 0.172 e. The predicted octanol–water partition coefficient (Wildman–Crippen LogP) is 2.73. The van der Waals surface area contributed by atoms with Crippen LogP contribution in [0.4, 0.5) is 0 Å². The van der Waals surface area contributed by atoms with Crippen molar-refractivity contribution in [2.24, 2.45) is 5.73 Å². The second-order valence-corrected chi connectivity index (χ2v) is 7.24. The highest BCUT2D eigenvalue weighted by atomic mass is 15.5. The zero-order valence-corrected chi connectivity index (χ0v) is 15.4. The average molecular weight is 342 g/mol. The van der Waals surface area contributed by atoms with E-state index in [1.54, 1.807) is 0 Å². The molecule has 1 atom stereocenters. The summed E-state index contributed by atoms with van der Waals surface area (Å²) in [6, 6.07) is 9.50. The van der Waals surface area contributed by atoms with Gasteiger partial charge in [0.15, 0.2) is 5.82 Å². The van der Waals surface area contributed by atoms with Crippen LogP contribution in [0.3, 0.4) is 0 Å². The van der Waals surface area contributed by atoms with Crippen molar-refractivity contribution in [2.75, 3.05) is 0 Å². The Hall–Kier alpha value is -1.79. The monoisotopic (exact) mass is 342 g/mol. The molecule has 6 nitrogen and oxygen atoms in total. The molecule has 0 aliphatic heterocycles. The van der Waals surface area contributed by atoms with E-state index < -0.39 is 0 Å². The van der Waals surface area contributed by atoms with Crippen molar-refractivity contribution < 1.29 is 0 Å². The van der Waals surface area contributed by atoms with E-state index >= 15 is 0 Å². The molecule has 1 heterocycles. The summed E-state index contributed by atoms with van der Waals surface area (Å²) in [5.74, 6) is 0.909. The van der Waals surface area contributed by atoms with Gasteiger partial charge in [-0.25, -0.2) is 4.68 Å². The molecule has 0 saturated heterocycles. The van der Waals surface area contributed by atoms with Gasteiger partial charge in [-0.2, -0.15) is 0 Å². The molecule has 3 rings (SSSR count). The molecule has 1 unspecified atom stereocenters. The Morgan fingerprint density at radius 1 is 1.20 bits per heavy atom. The normalized spacial score (nSPS) is 22.0. The number of unbranched alkanes of at least 4 members (excludes halogenated alkanes) is 1. The van der Waals surface area contributed by atoms with Crippen LogP contribution in [-0.4, -0.2) is 32.3 Å². The maximum Gasteiger partial charge on any atom is 0.172 e. The first-order chi connectivity index (χ1) is 12.2. The molecule has 2 aromatic rings. The van der Waals surface area contributed by atoms with Crippen molar-refractivity contribution >= 4 is 0 Å². The van der Waals surface area contributed by atoms with E-state index in [1.807, 2.05) is 4.68 Å². The number of rotatable bonds is 7. The summed E-state index contributed by atoms with van der Waals surface area (Å²) >= 11 is 0. The number of nitrogens with two attached hydrogens (primary N) is 1. The Bertz CT molecular complexity index is 642. The molecule has 1 fully saturated rings.